The van der Waals surface area contributed by atoms with E-state index in [4.69, 9.17) is 0 Å². The van der Waals surface area contributed by atoms with Crippen molar-refractivity contribution >= 4 is 37.7 Å². The minimum atomic E-state index is -3.78. The average Bonchev–Trinajstić information content (AvgIpc) is 2.75. The van der Waals surface area contributed by atoms with E-state index in [2.05, 4.69) is 20.7 Å². The van der Waals surface area contributed by atoms with Crippen LogP contribution in [0.1, 0.15) is 19.3 Å². The van der Waals surface area contributed by atoms with Crippen LogP contribution in [0.5, 0.6) is 0 Å². The summed E-state index contributed by atoms with van der Waals surface area (Å²) in [5, 5.41) is 0.488. The first kappa shape index (κ1) is 15.3. The molecule has 0 radical (unpaired) electrons. The molecule has 2 rings (SSSR count). The molecule has 0 saturated heterocycles. The van der Waals surface area contributed by atoms with E-state index in [-0.39, 0.29) is 10.9 Å². The molecule has 1 fully saturated rings. The smallest absolute Gasteiger partial charge is 0.208 e. The van der Waals surface area contributed by atoms with Crippen LogP contribution < -0.4 is 4.72 Å². The van der Waals surface area contributed by atoms with Crippen molar-refractivity contribution in [1.82, 2.24) is 4.72 Å². The lowest BCUT2D eigenvalue weighted by molar-refractivity contribution is 0.537. The molecule has 1 N–H and O–H groups in total. The number of rotatable bonds is 4. The quantitative estimate of drug-likeness (QED) is 0.888. The summed E-state index contributed by atoms with van der Waals surface area (Å²) in [5.41, 5.74) is 0. The van der Waals surface area contributed by atoms with E-state index in [1.807, 2.05) is 6.26 Å². The fourth-order valence-electron chi connectivity index (χ4n) is 2.24. The first-order chi connectivity index (χ1) is 8.92. The molecule has 7 heteroatoms. The van der Waals surface area contributed by atoms with Crippen molar-refractivity contribution in [1.29, 1.82) is 0 Å². The van der Waals surface area contributed by atoms with Gasteiger partial charge >= 0.3 is 0 Å². The van der Waals surface area contributed by atoms with Crippen molar-refractivity contribution in [3.8, 4) is 0 Å². The summed E-state index contributed by atoms with van der Waals surface area (Å²) in [5.74, 6) is -0.735. The Hall–Kier alpha value is -0.110. The number of thioether (sulfide) groups is 1. The van der Waals surface area contributed by atoms with Crippen LogP contribution in [0.4, 0.5) is 4.39 Å². The maximum Gasteiger partial charge on any atom is 0.243 e. The van der Waals surface area contributed by atoms with Crippen LogP contribution in [-0.2, 0) is 10.0 Å². The van der Waals surface area contributed by atoms with Crippen molar-refractivity contribution in [2.75, 3.05) is 6.26 Å². The van der Waals surface area contributed by atoms with E-state index >= 15 is 0 Å². The van der Waals surface area contributed by atoms with E-state index < -0.39 is 15.8 Å². The highest BCUT2D eigenvalue weighted by Gasteiger charge is 2.29. The molecule has 19 heavy (non-hydrogen) atoms. The van der Waals surface area contributed by atoms with Crippen molar-refractivity contribution in [3.63, 3.8) is 0 Å². The molecule has 2 atom stereocenters. The molecule has 0 heterocycles. The van der Waals surface area contributed by atoms with Crippen LogP contribution >= 0.6 is 27.7 Å². The zero-order valence-electron chi connectivity index (χ0n) is 10.4. The second-order valence-corrected chi connectivity index (χ2v) is 8.30. The Bertz CT molecular complexity index is 565. The van der Waals surface area contributed by atoms with Gasteiger partial charge in [-0.2, -0.15) is 11.8 Å². The second kappa shape index (κ2) is 6.11. The van der Waals surface area contributed by atoms with Gasteiger partial charge in [0.15, 0.2) is 0 Å². The van der Waals surface area contributed by atoms with Gasteiger partial charge in [0.1, 0.15) is 10.7 Å². The van der Waals surface area contributed by atoms with Crippen LogP contribution in [0.2, 0.25) is 0 Å². The van der Waals surface area contributed by atoms with E-state index in [0.29, 0.717) is 9.72 Å². The van der Waals surface area contributed by atoms with Crippen LogP contribution in [0.25, 0.3) is 0 Å². The molecule has 0 aliphatic heterocycles. The lowest BCUT2D eigenvalue weighted by Crippen LogP contribution is -2.33. The molecule has 3 nitrogen and oxygen atoms in total. The Morgan fingerprint density at radius 1 is 1.42 bits per heavy atom. The van der Waals surface area contributed by atoms with Crippen molar-refractivity contribution in [3.05, 3.63) is 28.5 Å². The van der Waals surface area contributed by atoms with Gasteiger partial charge in [-0.15, -0.1) is 0 Å². The highest BCUT2D eigenvalue weighted by atomic mass is 79.9. The van der Waals surface area contributed by atoms with Gasteiger partial charge in [0.25, 0.3) is 0 Å². The Morgan fingerprint density at radius 2 is 2.16 bits per heavy atom. The maximum absolute atomic E-state index is 13.7. The average molecular weight is 368 g/mol. The highest BCUT2D eigenvalue weighted by Crippen LogP contribution is 2.29. The molecule has 1 saturated carbocycles. The van der Waals surface area contributed by atoms with Gasteiger partial charge in [-0.25, -0.2) is 17.5 Å². The Morgan fingerprint density at radius 3 is 2.74 bits per heavy atom. The fraction of sp³-hybridized carbons (Fsp3) is 0.500. The zero-order valence-corrected chi connectivity index (χ0v) is 13.6. The first-order valence-electron chi connectivity index (χ1n) is 5.92. The minimum Gasteiger partial charge on any atom is -0.208 e. The molecule has 0 spiro atoms. The zero-order chi connectivity index (χ0) is 14.0. The fourth-order valence-corrected chi connectivity index (χ4v) is 4.71. The molecule has 1 aromatic rings. The van der Waals surface area contributed by atoms with Gasteiger partial charge in [0.05, 0.1) is 0 Å². The molecule has 2 unspecified atom stereocenters. The van der Waals surface area contributed by atoms with Gasteiger partial charge < -0.3 is 0 Å². The normalized spacial score (nSPS) is 23.7. The Labute approximate surface area is 125 Å². The molecule has 1 aliphatic carbocycles. The maximum atomic E-state index is 13.7. The summed E-state index contributed by atoms with van der Waals surface area (Å²) in [7, 11) is -3.78. The van der Waals surface area contributed by atoms with E-state index in [9.17, 15) is 12.8 Å². The lowest BCUT2D eigenvalue weighted by atomic mass is 10.3. The summed E-state index contributed by atoms with van der Waals surface area (Å²) < 4.78 is 41.1. The Kier molecular flexibility index (Phi) is 4.92. The number of sulfonamides is 1. The van der Waals surface area contributed by atoms with Crippen LogP contribution in [0.3, 0.4) is 0 Å². The van der Waals surface area contributed by atoms with Crippen molar-refractivity contribution in [2.45, 2.75) is 35.4 Å². The van der Waals surface area contributed by atoms with E-state index in [1.54, 1.807) is 11.8 Å². The molecule has 0 amide bonds. The summed E-state index contributed by atoms with van der Waals surface area (Å²) >= 11 is 4.86. The van der Waals surface area contributed by atoms with Gasteiger partial charge in [-0.05, 0) is 43.7 Å². The lowest BCUT2D eigenvalue weighted by Gasteiger charge is -2.13. The summed E-state index contributed by atoms with van der Waals surface area (Å²) in [4.78, 5) is -0.289. The molecule has 0 aromatic heterocycles. The largest absolute Gasteiger partial charge is 0.243 e. The second-order valence-electron chi connectivity index (χ2n) is 4.56. The standard InChI is InChI=1S/C12H15BrFNO2S2/c1-18-10-4-3-9(7-10)15-19(16,17)12-5-2-8(13)6-11(12)14/h2,5-6,9-10,15H,3-4,7H2,1H3. The third-order valence-corrected chi connectivity index (χ3v) is 6.36. The monoisotopic (exact) mass is 367 g/mol. The molecular weight excluding hydrogens is 353 g/mol. The number of halogens is 2. The highest BCUT2D eigenvalue weighted by molar-refractivity contribution is 9.10. The number of benzene rings is 1. The minimum absolute atomic E-state index is 0.0921. The van der Waals surface area contributed by atoms with Crippen molar-refractivity contribution < 1.29 is 12.8 Å². The summed E-state index contributed by atoms with van der Waals surface area (Å²) in [6.45, 7) is 0. The summed E-state index contributed by atoms with van der Waals surface area (Å²) in [6, 6.07) is 3.87. The van der Waals surface area contributed by atoms with Crippen LogP contribution in [0, 0.1) is 5.82 Å². The molecular formula is C12H15BrFNO2S2. The van der Waals surface area contributed by atoms with Crippen LogP contribution in [0.15, 0.2) is 27.6 Å². The van der Waals surface area contributed by atoms with Crippen LogP contribution in [-0.4, -0.2) is 26.0 Å². The number of nitrogens with one attached hydrogen (secondary N) is 1. The third kappa shape index (κ3) is 3.71. The predicted octanol–water partition coefficient (Wildman–Crippen LogP) is 3.15. The summed E-state index contributed by atoms with van der Waals surface area (Å²) in [6.07, 6.45) is 4.63. The first-order valence-corrected chi connectivity index (χ1v) is 9.49. The predicted molar refractivity (Wildman–Crippen MR) is 79.4 cm³/mol. The van der Waals surface area contributed by atoms with Gasteiger partial charge in [0, 0.05) is 15.8 Å². The SMILES string of the molecule is CSC1CCC(NS(=O)(=O)c2ccc(Br)cc2F)C1. The van der Waals surface area contributed by atoms with E-state index in [1.165, 1.54) is 12.1 Å². The van der Waals surface area contributed by atoms with Gasteiger partial charge in [0.2, 0.25) is 10.0 Å². The molecule has 106 valence electrons. The third-order valence-electron chi connectivity index (χ3n) is 3.22. The van der Waals surface area contributed by atoms with Gasteiger partial charge in [-0.1, -0.05) is 15.9 Å². The van der Waals surface area contributed by atoms with Crippen molar-refractivity contribution in [2.24, 2.45) is 0 Å². The number of hydrogen-bond acceptors (Lipinski definition) is 3. The van der Waals surface area contributed by atoms with Gasteiger partial charge in [-0.3, -0.25) is 0 Å². The molecule has 1 aliphatic rings. The molecule has 1 aromatic carbocycles. The molecule has 0 bridgehead atoms. The van der Waals surface area contributed by atoms with E-state index in [0.717, 1.165) is 25.3 Å². The Balaban J connectivity index is 2.14. The number of hydrogen-bond donors (Lipinski definition) is 1. The topological polar surface area (TPSA) is 46.2 Å².